The van der Waals surface area contributed by atoms with Crippen molar-refractivity contribution in [1.29, 1.82) is 0 Å². The number of cyclic esters (lactones) is 1. The van der Waals surface area contributed by atoms with Gasteiger partial charge in [-0.1, -0.05) is 6.08 Å². The Balaban J connectivity index is 2.12. The van der Waals surface area contributed by atoms with Crippen LogP contribution in [0.25, 0.3) is 0 Å². The summed E-state index contributed by atoms with van der Waals surface area (Å²) in [4.78, 5) is 11.8. The van der Waals surface area contributed by atoms with Crippen molar-refractivity contribution in [3.05, 3.63) is 11.6 Å². The Morgan fingerprint density at radius 3 is 3.21 bits per heavy atom. The summed E-state index contributed by atoms with van der Waals surface area (Å²) in [6.45, 7) is 0.558. The monoisotopic (exact) mass is 194 g/mol. The molecule has 3 aliphatic rings. The number of allylic oxidation sites excluding steroid dienone is 1. The van der Waals surface area contributed by atoms with E-state index in [1.165, 1.54) is 0 Å². The second-order valence-electron chi connectivity index (χ2n) is 4.56. The molecule has 1 N–H and O–H groups in total. The Hall–Kier alpha value is -0.830. The largest absolute Gasteiger partial charge is 0.465 e. The predicted octanol–water partition coefficient (Wildman–Crippen LogP) is 1.02. The minimum atomic E-state index is -0.419. The van der Waals surface area contributed by atoms with Crippen LogP contribution in [0.15, 0.2) is 11.6 Å². The van der Waals surface area contributed by atoms with Crippen molar-refractivity contribution in [1.82, 2.24) is 0 Å². The maximum absolute atomic E-state index is 11.8. The van der Waals surface area contributed by atoms with E-state index < -0.39 is 11.5 Å². The fraction of sp³-hybridized carbons (Fsp3) is 0.727. The number of ether oxygens (including phenoxy) is 1. The van der Waals surface area contributed by atoms with E-state index in [9.17, 15) is 9.90 Å². The van der Waals surface area contributed by atoms with E-state index in [4.69, 9.17) is 4.74 Å². The molecule has 14 heavy (non-hydrogen) atoms. The van der Waals surface area contributed by atoms with Crippen LogP contribution in [0.5, 0.6) is 0 Å². The van der Waals surface area contributed by atoms with E-state index in [1.807, 2.05) is 0 Å². The highest BCUT2D eigenvalue weighted by Gasteiger charge is 2.59. The summed E-state index contributed by atoms with van der Waals surface area (Å²) in [7, 11) is 0. The van der Waals surface area contributed by atoms with Gasteiger partial charge < -0.3 is 9.84 Å². The molecule has 3 heteroatoms. The minimum Gasteiger partial charge on any atom is -0.465 e. The molecule has 1 saturated heterocycles. The number of esters is 1. The molecule has 1 aliphatic heterocycles. The normalized spacial score (nSPS) is 45.5. The summed E-state index contributed by atoms with van der Waals surface area (Å²) in [5.74, 6) is 0.233. The summed E-state index contributed by atoms with van der Waals surface area (Å²) in [5.41, 5.74) is 0.536. The Kier molecular flexibility index (Phi) is 1.57. The van der Waals surface area contributed by atoms with E-state index in [1.54, 1.807) is 0 Å². The second kappa shape index (κ2) is 2.60. The number of hydrogen-bond acceptors (Lipinski definition) is 3. The molecular formula is C11H14O3. The molecule has 0 amide bonds. The summed E-state index contributed by atoms with van der Waals surface area (Å²) in [6.07, 6.45) is 5.17. The molecule has 76 valence electrons. The van der Waals surface area contributed by atoms with Gasteiger partial charge in [0.25, 0.3) is 0 Å². The maximum Gasteiger partial charge on any atom is 0.316 e. The SMILES string of the molecule is O=C1OC[C@@H]2CCC=C3[C@@H](O)CC[C@]132. The topological polar surface area (TPSA) is 46.5 Å². The van der Waals surface area contributed by atoms with Gasteiger partial charge in [0, 0.05) is 5.92 Å². The number of hydrogen-bond donors (Lipinski definition) is 1. The number of carbonyl (C=O) groups is 1. The van der Waals surface area contributed by atoms with Gasteiger partial charge in [0.1, 0.15) is 0 Å². The molecule has 0 aromatic heterocycles. The Labute approximate surface area is 82.8 Å². The van der Waals surface area contributed by atoms with Crippen LogP contribution < -0.4 is 0 Å². The maximum atomic E-state index is 11.8. The van der Waals surface area contributed by atoms with E-state index in [0.717, 1.165) is 31.3 Å². The molecule has 0 bridgehead atoms. The van der Waals surface area contributed by atoms with Gasteiger partial charge >= 0.3 is 5.97 Å². The number of aliphatic hydroxyl groups excluding tert-OH is 1. The molecule has 0 aromatic carbocycles. The van der Waals surface area contributed by atoms with Crippen LogP contribution in [0.1, 0.15) is 25.7 Å². The molecule has 0 unspecified atom stereocenters. The Morgan fingerprint density at radius 1 is 1.50 bits per heavy atom. The first kappa shape index (κ1) is 8.48. The van der Waals surface area contributed by atoms with Crippen molar-refractivity contribution in [3.8, 4) is 0 Å². The van der Waals surface area contributed by atoms with Crippen molar-refractivity contribution in [2.45, 2.75) is 31.8 Å². The molecule has 1 saturated carbocycles. The van der Waals surface area contributed by atoms with Crippen LogP contribution in [0.3, 0.4) is 0 Å². The van der Waals surface area contributed by atoms with E-state index in [0.29, 0.717) is 12.5 Å². The lowest BCUT2D eigenvalue weighted by Gasteiger charge is -2.31. The quantitative estimate of drug-likeness (QED) is 0.462. The van der Waals surface area contributed by atoms with Gasteiger partial charge in [0.15, 0.2) is 0 Å². The highest BCUT2D eigenvalue weighted by Crippen LogP contribution is 2.56. The molecule has 2 aliphatic carbocycles. The smallest absolute Gasteiger partial charge is 0.316 e. The van der Waals surface area contributed by atoms with Crippen LogP contribution >= 0.6 is 0 Å². The van der Waals surface area contributed by atoms with Crippen molar-refractivity contribution in [2.75, 3.05) is 6.61 Å². The fourth-order valence-electron chi connectivity index (χ4n) is 3.32. The minimum absolute atomic E-state index is 0.0926. The van der Waals surface area contributed by atoms with Gasteiger partial charge in [-0.3, -0.25) is 4.79 Å². The van der Waals surface area contributed by atoms with Crippen LogP contribution in [0.2, 0.25) is 0 Å². The van der Waals surface area contributed by atoms with Gasteiger partial charge in [-0.2, -0.15) is 0 Å². The van der Waals surface area contributed by atoms with Gasteiger partial charge in [0.05, 0.1) is 18.1 Å². The zero-order valence-corrected chi connectivity index (χ0v) is 8.03. The van der Waals surface area contributed by atoms with Crippen LogP contribution in [-0.4, -0.2) is 23.8 Å². The van der Waals surface area contributed by atoms with Gasteiger partial charge in [-0.25, -0.2) is 0 Å². The van der Waals surface area contributed by atoms with E-state index in [-0.39, 0.29) is 5.97 Å². The molecule has 3 atom stereocenters. The van der Waals surface area contributed by atoms with Crippen LogP contribution in [0, 0.1) is 11.3 Å². The zero-order valence-electron chi connectivity index (χ0n) is 8.03. The third-order valence-electron chi connectivity index (χ3n) is 4.04. The molecule has 1 heterocycles. The third kappa shape index (κ3) is 0.793. The highest BCUT2D eigenvalue weighted by molar-refractivity contribution is 5.84. The summed E-state index contributed by atoms with van der Waals surface area (Å²) in [5, 5.41) is 9.81. The molecule has 0 aromatic rings. The van der Waals surface area contributed by atoms with Gasteiger partial charge in [0.2, 0.25) is 0 Å². The fourth-order valence-corrected chi connectivity index (χ4v) is 3.32. The molecule has 3 rings (SSSR count). The molecule has 1 spiro atoms. The van der Waals surface area contributed by atoms with Crippen molar-refractivity contribution < 1.29 is 14.6 Å². The number of rotatable bonds is 0. The van der Waals surface area contributed by atoms with E-state index in [2.05, 4.69) is 6.08 Å². The molecule has 3 nitrogen and oxygen atoms in total. The van der Waals surface area contributed by atoms with Gasteiger partial charge in [-0.15, -0.1) is 0 Å². The average molecular weight is 194 g/mol. The lowest BCUT2D eigenvalue weighted by atomic mass is 9.68. The second-order valence-corrected chi connectivity index (χ2v) is 4.56. The Bertz CT molecular complexity index is 320. The first-order valence-electron chi connectivity index (χ1n) is 5.31. The van der Waals surface area contributed by atoms with Crippen molar-refractivity contribution >= 4 is 5.97 Å². The van der Waals surface area contributed by atoms with Crippen molar-refractivity contribution in [2.24, 2.45) is 11.3 Å². The number of carbonyl (C=O) groups excluding carboxylic acids is 1. The first-order valence-corrected chi connectivity index (χ1v) is 5.31. The lowest BCUT2D eigenvalue weighted by molar-refractivity contribution is -0.144. The zero-order chi connectivity index (χ0) is 9.76. The van der Waals surface area contributed by atoms with Crippen LogP contribution in [0.4, 0.5) is 0 Å². The summed E-state index contributed by atoms with van der Waals surface area (Å²) in [6, 6.07) is 0. The van der Waals surface area contributed by atoms with Crippen molar-refractivity contribution in [3.63, 3.8) is 0 Å². The lowest BCUT2D eigenvalue weighted by Crippen LogP contribution is -2.35. The number of aliphatic hydroxyl groups is 1. The Morgan fingerprint density at radius 2 is 2.36 bits per heavy atom. The highest BCUT2D eigenvalue weighted by atomic mass is 16.5. The standard InChI is InChI=1S/C11H14O3/c12-9-4-5-11-7(6-14-10(11)13)2-1-3-8(9)11/h3,7,9,12H,1-2,4-6H2/t7-,9-,11+/m0/s1. The summed E-state index contributed by atoms with van der Waals surface area (Å²) >= 11 is 0. The predicted molar refractivity (Wildman–Crippen MR) is 49.4 cm³/mol. The molecule has 2 fully saturated rings. The first-order chi connectivity index (χ1) is 6.75. The third-order valence-corrected chi connectivity index (χ3v) is 4.04. The molecular weight excluding hydrogens is 180 g/mol. The van der Waals surface area contributed by atoms with E-state index >= 15 is 0 Å². The van der Waals surface area contributed by atoms with Gasteiger partial charge in [-0.05, 0) is 31.3 Å². The average Bonchev–Trinajstić information content (AvgIpc) is 2.70. The van der Waals surface area contributed by atoms with Crippen LogP contribution in [-0.2, 0) is 9.53 Å². The summed E-state index contributed by atoms with van der Waals surface area (Å²) < 4.78 is 5.16. The molecule has 0 radical (unpaired) electrons.